The highest BCUT2D eigenvalue weighted by atomic mass is 79.9. The zero-order chi connectivity index (χ0) is 10.1. The number of hydrogen-bond donors (Lipinski definition) is 0. The Hall–Kier alpha value is -0.190. The first-order valence-corrected chi connectivity index (χ1v) is 6.46. The maximum absolute atomic E-state index is 4.48. The topological polar surface area (TPSA) is 12.9 Å². The lowest BCUT2D eigenvalue weighted by Crippen LogP contribution is -1.78. The molecule has 1 heterocycles. The molecule has 0 unspecified atom stereocenters. The molecule has 0 aliphatic carbocycles. The van der Waals surface area contributed by atoms with E-state index in [0.29, 0.717) is 0 Å². The molecule has 0 saturated carbocycles. The van der Waals surface area contributed by atoms with E-state index in [1.165, 1.54) is 0 Å². The molecule has 0 amide bonds. The minimum atomic E-state index is 1.04. The Labute approximate surface area is 103 Å². The molecule has 0 atom stereocenters. The van der Waals surface area contributed by atoms with Gasteiger partial charge in [0, 0.05) is 10.0 Å². The van der Waals surface area contributed by atoms with E-state index in [9.17, 15) is 0 Å². The maximum atomic E-state index is 4.48. The lowest BCUT2D eigenvalue weighted by molar-refractivity contribution is 1.25. The molecule has 0 aliphatic rings. The summed E-state index contributed by atoms with van der Waals surface area (Å²) in [6.45, 7) is 2.00. The molecule has 0 fully saturated rings. The second-order valence-electron chi connectivity index (χ2n) is 2.86. The number of halogens is 2. The van der Waals surface area contributed by atoms with Crippen LogP contribution in [-0.4, -0.2) is 4.98 Å². The van der Waals surface area contributed by atoms with E-state index in [1.807, 2.05) is 25.1 Å². The van der Waals surface area contributed by atoms with Crippen molar-refractivity contribution in [2.24, 2.45) is 0 Å². The van der Waals surface area contributed by atoms with Crippen molar-refractivity contribution in [3.8, 4) is 10.6 Å². The van der Waals surface area contributed by atoms with Gasteiger partial charge in [-0.15, -0.1) is 11.3 Å². The molecule has 0 radical (unpaired) electrons. The SMILES string of the molecule is Cc1nc(-c2ccccc2Br)sc1Br. The lowest BCUT2D eigenvalue weighted by Gasteiger charge is -1.98. The van der Waals surface area contributed by atoms with Gasteiger partial charge in [-0.1, -0.05) is 34.1 Å². The van der Waals surface area contributed by atoms with Gasteiger partial charge < -0.3 is 0 Å². The molecule has 0 aliphatic heterocycles. The van der Waals surface area contributed by atoms with Crippen LogP contribution in [0.5, 0.6) is 0 Å². The molecular formula is C10H7Br2NS. The van der Waals surface area contributed by atoms with Crippen LogP contribution in [0.4, 0.5) is 0 Å². The highest BCUT2D eigenvalue weighted by Gasteiger charge is 2.09. The molecule has 0 saturated heterocycles. The summed E-state index contributed by atoms with van der Waals surface area (Å²) < 4.78 is 2.18. The van der Waals surface area contributed by atoms with Crippen molar-refractivity contribution >= 4 is 43.2 Å². The predicted octanol–water partition coefficient (Wildman–Crippen LogP) is 4.64. The van der Waals surface area contributed by atoms with E-state index in [4.69, 9.17) is 0 Å². The largest absolute Gasteiger partial charge is 0.240 e. The van der Waals surface area contributed by atoms with Crippen LogP contribution in [-0.2, 0) is 0 Å². The van der Waals surface area contributed by atoms with Gasteiger partial charge in [-0.05, 0) is 28.9 Å². The highest BCUT2D eigenvalue weighted by molar-refractivity contribution is 9.11. The first kappa shape index (κ1) is 10.3. The standard InChI is InChI=1S/C10H7Br2NS/c1-6-9(12)14-10(13-6)7-4-2-3-5-8(7)11/h2-5H,1H3. The van der Waals surface area contributed by atoms with Gasteiger partial charge >= 0.3 is 0 Å². The van der Waals surface area contributed by atoms with Gasteiger partial charge in [0.2, 0.25) is 0 Å². The Morgan fingerprint density at radius 2 is 1.93 bits per heavy atom. The zero-order valence-electron chi connectivity index (χ0n) is 7.42. The fourth-order valence-electron chi connectivity index (χ4n) is 1.13. The summed E-state index contributed by atoms with van der Waals surface area (Å²) in [5.41, 5.74) is 2.19. The third-order valence-electron chi connectivity index (χ3n) is 1.84. The van der Waals surface area contributed by atoms with Crippen molar-refractivity contribution in [3.05, 3.63) is 38.2 Å². The molecule has 4 heteroatoms. The molecule has 2 rings (SSSR count). The van der Waals surface area contributed by atoms with Crippen LogP contribution in [0, 0.1) is 6.92 Å². The number of benzene rings is 1. The first-order chi connectivity index (χ1) is 6.68. The number of hydrogen-bond acceptors (Lipinski definition) is 2. The molecule has 0 spiro atoms. The summed E-state index contributed by atoms with van der Waals surface area (Å²) in [7, 11) is 0. The van der Waals surface area contributed by atoms with Crippen LogP contribution in [0.25, 0.3) is 10.6 Å². The average Bonchev–Trinajstić information content (AvgIpc) is 2.48. The van der Waals surface area contributed by atoms with Crippen molar-refractivity contribution < 1.29 is 0 Å². The van der Waals surface area contributed by atoms with Crippen molar-refractivity contribution in [2.45, 2.75) is 6.92 Å². The Kier molecular flexibility index (Phi) is 3.04. The van der Waals surface area contributed by atoms with E-state index in [2.05, 4.69) is 42.9 Å². The number of aryl methyl sites for hydroxylation is 1. The number of thiazole rings is 1. The van der Waals surface area contributed by atoms with Crippen molar-refractivity contribution in [1.82, 2.24) is 4.98 Å². The van der Waals surface area contributed by atoms with Crippen molar-refractivity contribution in [3.63, 3.8) is 0 Å². The molecule has 0 N–H and O–H groups in total. The number of aromatic nitrogens is 1. The Morgan fingerprint density at radius 3 is 2.50 bits per heavy atom. The molecule has 1 aromatic carbocycles. The average molecular weight is 333 g/mol. The second-order valence-corrected chi connectivity index (χ2v) is 6.03. The molecule has 0 bridgehead atoms. The number of nitrogens with zero attached hydrogens (tertiary/aromatic N) is 1. The fraction of sp³-hybridized carbons (Fsp3) is 0.100. The van der Waals surface area contributed by atoms with Gasteiger partial charge in [-0.3, -0.25) is 0 Å². The summed E-state index contributed by atoms with van der Waals surface area (Å²) in [5, 5.41) is 1.04. The van der Waals surface area contributed by atoms with Gasteiger partial charge in [-0.25, -0.2) is 4.98 Å². The van der Waals surface area contributed by atoms with E-state index in [1.54, 1.807) is 11.3 Å². The summed E-state index contributed by atoms with van der Waals surface area (Å²) >= 11 is 8.65. The Balaban J connectivity index is 2.55. The Morgan fingerprint density at radius 1 is 1.21 bits per heavy atom. The number of rotatable bonds is 1. The normalized spacial score (nSPS) is 10.5. The molecule has 72 valence electrons. The maximum Gasteiger partial charge on any atom is 0.125 e. The van der Waals surface area contributed by atoms with Crippen LogP contribution in [0.15, 0.2) is 32.5 Å². The van der Waals surface area contributed by atoms with Gasteiger partial charge in [-0.2, -0.15) is 0 Å². The van der Waals surface area contributed by atoms with Crippen molar-refractivity contribution in [2.75, 3.05) is 0 Å². The minimum absolute atomic E-state index is 1.04. The molecule has 14 heavy (non-hydrogen) atoms. The van der Waals surface area contributed by atoms with Gasteiger partial charge in [0.25, 0.3) is 0 Å². The molecule has 1 aromatic heterocycles. The van der Waals surface area contributed by atoms with E-state index < -0.39 is 0 Å². The fourth-order valence-corrected chi connectivity index (χ4v) is 3.11. The van der Waals surface area contributed by atoms with Gasteiger partial charge in [0.1, 0.15) is 5.01 Å². The summed E-state index contributed by atoms with van der Waals surface area (Å²) in [4.78, 5) is 4.48. The van der Waals surface area contributed by atoms with E-state index in [0.717, 1.165) is 24.5 Å². The highest BCUT2D eigenvalue weighted by Crippen LogP contribution is 2.35. The van der Waals surface area contributed by atoms with Crippen LogP contribution in [0.3, 0.4) is 0 Å². The van der Waals surface area contributed by atoms with E-state index >= 15 is 0 Å². The molecule has 2 aromatic rings. The molecule has 1 nitrogen and oxygen atoms in total. The predicted molar refractivity (Wildman–Crippen MR) is 67.7 cm³/mol. The third-order valence-corrected chi connectivity index (χ3v) is 4.57. The second kappa shape index (κ2) is 4.13. The third kappa shape index (κ3) is 1.92. The first-order valence-electron chi connectivity index (χ1n) is 4.06. The summed E-state index contributed by atoms with van der Waals surface area (Å²) in [5.74, 6) is 0. The monoisotopic (exact) mass is 331 g/mol. The van der Waals surface area contributed by atoms with E-state index in [-0.39, 0.29) is 0 Å². The van der Waals surface area contributed by atoms with Crippen LogP contribution >= 0.6 is 43.2 Å². The van der Waals surface area contributed by atoms with Gasteiger partial charge in [0.15, 0.2) is 0 Å². The lowest BCUT2D eigenvalue weighted by atomic mass is 10.2. The van der Waals surface area contributed by atoms with Crippen LogP contribution in [0.1, 0.15) is 5.69 Å². The Bertz CT molecular complexity index is 445. The smallest absolute Gasteiger partial charge is 0.125 e. The summed E-state index contributed by atoms with van der Waals surface area (Å²) in [6, 6.07) is 8.11. The molecular weight excluding hydrogens is 326 g/mol. The summed E-state index contributed by atoms with van der Waals surface area (Å²) in [6.07, 6.45) is 0. The zero-order valence-corrected chi connectivity index (χ0v) is 11.4. The van der Waals surface area contributed by atoms with Crippen LogP contribution < -0.4 is 0 Å². The quantitative estimate of drug-likeness (QED) is 0.741. The minimum Gasteiger partial charge on any atom is -0.240 e. The van der Waals surface area contributed by atoms with Crippen LogP contribution in [0.2, 0.25) is 0 Å². The van der Waals surface area contributed by atoms with Crippen molar-refractivity contribution in [1.29, 1.82) is 0 Å². The van der Waals surface area contributed by atoms with Gasteiger partial charge in [0.05, 0.1) is 9.48 Å².